The van der Waals surface area contributed by atoms with Gasteiger partial charge in [-0.25, -0.2) is 0 Å². The summed E-state index contributed by atoms with van der Waals surface area (Å²) >= 11 is 1.93. The van der Waals surface area contributed by atoms with E-state index >= 15 is 0 Å². The lowest BCUT2D eigenvalue weighted by Gasteiger charge is -2.08. The van der Waals surface area contributed by atoms with Crippen LogP contribution in [0.5, 0.6) is 11.5 Å². The van der Waals surface area contributed by atoms with Crippen molar-refractivity contribution < 1.29 is 19.4 Å². The van der Waals surface area contributed by atoms with Crippen LogP contribution in [0.3, 0.4) is 0 Å². The van der Waals surface area contributed by atoms with Gasteiger partial charge in [0.2, 0.25) is 0 Å². The molecule has 0 aromatic heterocycles. The number of hydrogen-bond donors (Lipinski definition) is 3. The van der Waals surface area contributed by atoms with Gasteiger partial charge in [0.1, 0.15) is 11.5 Å². The molecule has 0 aliphatic rings. The van der Waals surface area contributed by atoms with E-state index in [4.69, 9.17) is 4.74 Å². The average Bonchev–Trinajstić information content (AvgIpc) is 2.82. The van der Waals surface area contributed by atoms with Crippen LogP contribution >= 0.6 is 11.8 Å². The second kappa shape index (κ2) is 20.7. The molecule has 188 valence electrons. The highest BCUT2D eigenvalue weighted by molar-refractivity contribution is 7.99. The van der Waals surface area contributed by atoms with Gasteiger partial charge in [-0.2, -0.15) is 11.8 Å². The summed E-state index contributed by atoms with van der Waals surface area (Å²) in [5.41, 5.74) is 0. The third kappa shape index (κ3) is 17.3. The first kappa shape index (κ1) is 29.1. The number of thioether (sulfide) groups is 1. The van der Waals surface area contributed by atoms with Crippen molar-refractivity contribution in [1.29, 1.82) is 0 Å². The summed E-state index contributed by atoms with van der Waals surface area (Å²) in [5, 5.41) is 14.5. The molecule has 2 amide bonds. The van der Waals surface area contributed by atoms with Crippen molar-refractivity contribution in [2.75, 3.05) is 31.2 Å². The first-order chi connectivity index (χ1) is 16.1. The van der Waals surface area contributed by atoms with Crippen LogP contribution in [0.25, 0.3) is 0 Å². The largest absolute Gasteiger partial charge is 0.508 e. The number of nitrogens with one attached hydrogen (secondary N) is 2. The maximum atomic E-state index is 11.8. The minimum absolute atomic E-state index is 0.188. The van der Waals surface area contributed by atoms with E-state index in [0.717, 1.165) is 12.2 Å². The lowest BCUT2D eigenvalue weighted by molar-refractivity contribution is -0.139. The van der Waals surface area contributed by atoms with Crippen molar-refractivity contribution in [3.8, 4) is 11.5 Å². The molecule has 33 heavy (non-hydrogen) atoms. The molecular weight excluding hydrogens is 436 g/mol. The van der Waals surface area contributed by atoms with Gasteiger partial charge in [0, 0.05) is 13.1 Å². The Morgan fingerprint density at radius 1 is 0.758 bits per heavy atom. The van der Waals surface area contributed by atoms with Gasteiger partial charge in [0.15, 0.2) is 0 Å². The van der Waals surface area contributed by atoms with Crippen LogP contribution in [0, 0.1) is 0 Å². The standard InChI is InChI=1S/C26H44N2O4S/c1-2-3-4-5-6-7-8-9-10-11-21-33-22-13-19-28-26(31)25(30)27-18-12-20-32-24-16-14-23(29)15-17-24/h14-17,29H,2-13,18-22H2,1H3,(H,27,30)(H,28,31). The van der Waals surface area contributed by atoms with E-state index in [1.807, 2.05) is 11.8 Å². The Morgan fingerprint density at radius 2 is 1.27 bits per heavy atom. The highest BCUT2D eigenvalue weighted by Gasteiger charge is 2.11. The second-order valence-corrected chi connectivity index (χ2v) is 9.58. The lowest BCUT2D eigenvalue weighted by Crippen LogP contribution is -2.40. The fourth-order valence-corrected chi connectivity index (χ4v) is 4.30. The predicted molar refractivity (Wildman–Crippen MR) is 138 cm³/mol. The summed E-state index contributed by atoms with van der Waals surface area (Å²) in [5.74, 6) is 1.86. The molecular formula is C26H44N2O4S. The van der Waals surface area contributed by atoms with Crippen LogP contribution in [-0.2, 0) is 9.59 Å². The highest BCUT2D eigenvalue weighted by atomic mass is 32.2. The van der Waals surface area contributed by atoms with E-state index in [-0.39, 0.29) is 5.75 Å². The Bertz CT molecular complexity index is 625. The van der Waals surface area contributed by atoms with Crippen LogP contribution in [0.4, 0.5) is 0 Å². The zero-order valence-electron chi connectivity index (χ0n) is 20.4. The summed E-state index contributed by atoms with van der Waals surface area (Å²) in [6.45, 7) is 3.58. The number of ether oxygens (including phenoxy) is 1. The third-order valence-electron chi connectivity index (χ3n) is 5.31. The van der Waals surface area contributed by atoms with Crippen LogP contribution < -0.4 is 15.4 Å². The average molecular weight is 481 g/mol. The third-order valence-corrected chi connectivity index (χ3v) is 6.47. The Balaban J connectivity index is 1.84. The van der Waals surface area contributed by atoms with E-state index in [1.165, 1.54) is 70.0 Å². The molecule has 0 heterocycles. The molecule has 0 saturated carbocycles. The molecule has 1 aromatic rings. The molecule has 0 aliphatic heterocycles. The smallest absolute Gasteiger partial charge is 0.309 e. The quantitative estimate of drug-likeness (QED) is 0.171. The number of hydrogen-bond acceptors (Lipinski definition) is 5. The number of unbranched alkanes of at least 4 members (excludes halogenated alkanes) is 9. The number of carbonyl (C=O) groups is 2. The van der Waals surface area contributed by atoms with Crippen molar-refractivity contribution in [3.05, 3.63) is 24.3 Å². The van der Waals surface area contributed by atoms with E-state index in [0.29, 0.717) is 31.9 Å². The first-order valence-corrected chi connectivity index (χ1v) is 13.8. The fraction of sp³-hybridized carbons (Fsp3) is 0.692. The highest BCUT2D eigenvalue weighted by Crippen LogP contribution is 2.16. The van der Waals surface area contributed by atoms with Crippen molar-refractivity contribution in [3.63, 3.8) is 0 Å². The molecule has 7 heteroatoms. The number of phenolic OH excluding ortho intramolecular Hbond substituents is 1. The Kier molecular flexibility index (Phi) is 18.3. The van der Waals surface area contributed by atoms with Gasteiger partial charge in [0.05, 0.1) is 6.61 Å². The van der Waals surface area contributed by atoms with Gasteiger partial charge >= 0.3 is 11.8 Å². The zero-order chi connectivity index (χ0) is 24.0. The van der Waals surface area contributed by atoms with Crippen molar-refractivity contribution in [1.82, 2.24) is 10.6 Å². The van der Waals surface area contributed by atoms with E-state index in [9.17, 15) is 14.7 Å². The summed E-state index contributed by atoms with van der Waals surface area (Å²) in [4.78, 5) is 23.6. The summed E-state index contributed by atoms with van der Waals surface area (Å²) < 4.78 is 5.50. The number of amides is 2. The predicted octanol–water partition coefficient (Wildman–Crippen LogP) is 5.44. The molecule has 0 fully saturated rings. The van der Waals surface area contributed by atoms with E-state index < -0.39 is 11.8 Å². The topological polar surface area (TPSA) is 87.7 Å². The molecule has 0 saturated heterocycles. The monoisotopic (exact) mass is 480 g/mol. The van der Waals surface area contributed by atoms with Crippen LogP contribution in [-0.4, -0.2) is 48.1 Å². The van der Waals surface area contributed by atoms with Crippen molar-refractivity contribution in [2.24, 2.45) is 0 Å². The number of phenols is 1. The van der Waals surface area contributed by atoms with Crippen molar-refractivity contribution >= 4 is 23.6 Å². The molecule has 0 atom stereocenters. The van der Waals surface area contributed by atoms with Gasteiger partial charge in [-0.05, 0) is 55.0 Å². The fourth-order valence-electron chi connectivity index (χ4n) is 3.34. The normalized spacial score (nSPS) is 10.7. The van der Waals surface area contributed by atoms with Gasteiger partial charge in [-0.3, -0.25) is 9.59 Å². The Morgan fingerprint density at radius 3 is 1.88 bits per heavy atom. The first-order valence-electron chi connectivity index (χ1n) is 12.7. The van der Waals surface area contributed by atoms with Gasteiger partial charge in [0.25, 0.3) is 0 Å². The van der Waals surface area contributed by atoms with Crippen LogP contribution in [0.15, 0.2) is 24.3 Å². The Labute approximate surface area is 204 Å². The summed E-state index contributed by atoms with van der Waals surface area (Å²) in [6.07, 6.45) is 15.1. The molecule has 6 nitrogen and oxygen atoms in total. The van der Waals surface area contributed by atoms with Gasteiger partial charge < -0.3 is 20.5 Å². The minimum Gasteiger partial charge on any atom is -0.508 e. The Hall–Kier alpha value is -1.89. The maximum absolute atomic E-state index is 11.8. The molecule has 0 spiro atoms. The zero-order valence-corrected chi connectivity index (χ0v) is 21.2. The molecule has 1 aromatic carbocycles. The van der Waals surface area contributed by atoms with E-state index in [1.54, 1.807) is 24.3 Å². The van der Waals surface area contributed by atoms with E-state index in [2.05, 4.69) is 17.6 Å². The maximum Gasteiger partial charge on any atom is 0.309 e. The summed E-state index contributed by atoms with van der Waals surface area (Å²) in [7, 11) is 0. The molecule has 0 radical (unpaired) electrons. The van der Waals surface area contributed by atoms with Crippen LogP contribution in [0.2, 0.25) is 0 Å². The number of benzene rings is 1. The molecule has 0 unspecified atom stereocenters. The number of rotatable bonds is 20. The second-order valence-electron chi connectivity index (χ2n) is 8.36. The van der Waals surface area contributed by atoms with Gasteiger partial charge in [-0.15, -0.1) is 0 Å². The number of aromatic hydroxyl groups is 1. The number of carbonyl (C=O) groups excluding carboxylic acids is 2. The molecule has 1 rings (SSSR count). The molecule has 0 bridgehead atoms. The minimum atomic E-state index is -0.599. The van der Waals surface area contributed by atoms with Gasteiger partial charge in [-0.1, -0.05) is 64.7 Å². The van der Waals surface area contributed by atoms with Crippen molar-refractivity contribution in [2.45, 2.75) is 84.0 Å². The summed E-state index contributed by atoms with van der Waals surface area (Å²) in [6, 6.07) is 6.46. The molecule has 0 aliphatic carbocycles. The lowest BCUT2D eigenvalue weighted by atomic mass is 10.1. The van der Waals surface area contributed by atoms with Crippen LogP contribution in [0.1, 0.15) is 84.0 Å². The SMILES string of the molecule is CCCCCCCCCCCCSCCCNC(=O)C(=O)NCCCOc1ccc(O)cc1. The molecule has 3 N–H and O–H groups in total.